The van der Waals surface area contributed by atoms with Gasteiger partial charge in [-0.05, 0) is 11.9 Å². The third kappa shape index (κ3) is 1.19. The van der Waals surface area contributed by atoms with Crippen molar-refractivity contribution >= 4 is 17.5 Å². The van der Waals surface area contributed by atoms with E-state index in [2.05, 4.69) is 10.9 Å². The second kappa shape index (κ2) is 1.97. The lowest BCUT2D eigenvalue weighted by Crippen LogP contribution is -1.80. The van der Waals surface area contributed by atoms with Crippen LogP contribution in [0.15, 0.2) is 22.2 Å². The zero-order valence-electron chi connectivity index (χ0n) is 3.69. The summed E-state index contributed by atoms with van der Waals surface area (Å²) in [6.07, 6.45) is 3.49. The molecular weight excluding hydrogens is 110 g/mol. The second-order valence-corrected chi connectivity index (χ2v) is 1.71. The molecule has 0 aliphatic carbocycles. The number of aliphatic imine (C=N–C) groups is 1. The molecule has 0 bridgehead atoms. The highest BCUT2D eigenvalue weighted by molar-refractivity contribution is 6.30. The molecule has 1 aliphatic heterocycles. The van der Waals surface area contributed by atoms with Crippen molar-refractivity contribution in [3.63, 3.8) is 0 Å². The van der Waals surface area contributed by atoms with Crippen molar-refractivity contribution in [2.75, 3.05) is 6.54 Å². The van der Waals surface area contributed by atoms with E-state index in [4.69, 9.17) is 11.6 Å². The molecule has 1 nitrogen and oxygen atoms in total. The van der Waals surface area contributed by atoms with Crippen molar-refractivity contribution in [1.29, 1.82) is 0 Å². The third-order valence-corrected chi connectivity index (χ3v) is 0.906. The molecule has 1 aliphatic rings. The van der Waals surface area contributed by atoms with Gasteiger partial charge in [-0.25, -0.2) is 4.99 Å². The van der Waals surface area contributed by atoms with E-state index in [1.165, 1.54) is 0 Å². The van der Waals surface area contributed by atoms with E-state index in [1.807, 2.05) is 0 Å². The normalized spacial score (nSPS) is 17.0. The molecule has 2 heteroatoms. The van der Waals surface area contributed by atoms with Crippen molar-refractivity contribution in [2.24, 2.45) is 4.99 Å². The van der Waals surface area contributed by atoms with Crippen molar-refractivity contribution < 1.29 is 0 Å². The first kappa shape index (κ1) is 4.63. The lowest BCUT2D eigenvalue weighted by atomic mass is 10.4. The Balaban J connectivity index is 2.77. The summed E-state index contributed by atoms with van der Waals surface area (Å²) in [5.41, 5.74) is 0. The molecule has 7 heavy (non-hydrogen) atoms. The Labute approximate surface area is 47.0 Å². The van der Waals surface area contributed by atoms with Crippen LogP contribution >= 0.6 is 11.6 Å². The van der Waals surface area contributed by atoms with E-state index in [1.54, 1.807) is 12.2 Å². The average Bonchev–Trinajstić information content (AvgIpc) is 1.69. The maximum atomic E-state index is 5.51. The number of hydrogen-bond donors (Lipinski definition) is 0. The molecule has 0 saturated heterocycles. The van der Waals surface area contributed by atoms with Gasteiger partial charge in [-0.2, -0.15) is 0 Å². The van der Waals surface area contributed by atoms with Crippen LogP contribution in [0.25, 0.3) is 0 Å². The zero-order valence-corrected chi connectivity index (χ0v) is 4.44. The van der Waals surface area contributed by atoms with Gasteiger partial charge < -0.3 is 0 Å². The number of rotatable bonds is 0. The van der Waals surface area contributed by atoms with Gasteiger partial charge in [0.1, 0.15) is 0 Å². The maximum absolute atomic E-state index is 5.51. The summed E-state index contributed by atoms with van der Waals surface area (Å²) < 4.78 is 0. The minimum absolute atomic E-state index is 0.595. The topological polar surface area (TPSA) is 12.4 Å². The summed E-state index contributed by atoms with van der Waals surface area (Å²) in [6.45, 7) is 0.595. The lowest BCUT2D eigenvalue weighted by Gasteiger charge is -1.88. The molecule has 0 N–H and O–H groups in total. The summed E-state index contributed by atoms with van der Waals surface area (Å²) >= 11 is 5.51. The lowest BCUT2D eigenvalue weighted by molar-refractivity contribution is 1.23. The first-order chi connectivity index (χ1) is 3.39. The molecule has 0 spiro atoms. The SMILES string of the molecule is ClC1=CC=C=NC1. The molecule has 0 amide bonds. The van der Waals surface area contributed by atoms with Crippen LogP contribution < -0.4 is 0 Å². The maximum Gasteiger partial charge on any atom is 0.0840 e. The quantitative estimate of drug-likeness (QED) is 0.450. The van der Waals surface area contributed by atoms with E-state index >= 15 is 0 Å². The number of halogens is 1. The van der Waals surface area contributed by atoms with Gasteiger partial charge >= 0.3 is 0 Å². The van der Waals surface area contributed by atoms with E-state index in [-0.39, 0.29) is 0 Å². The summed E-state index contributed by atoms with van der Waals surface area (Å²) in [7, 11) is 0. The molecule has 0 aromatic carbocycles. The van der Waals surface area contributed by atoms with Crippen molar-refractivity contribution in [3.8, 4) is 0 Å². The van der Waals surface area contributed by atoms with Crippen LogP contribution in [0.5, 0.6) is 0 Å². The Hall–Kier alpha value is -0.520. The van der Waals surface area contributed by atoms with Crippen molar-refractivity contribution in [3.05, 3.63) is 17.2 Å². The van der Waals surface area contributed by atoms with Crippen molar-refractivity contribution in [2.45, 2.75) is 0 Å². The Kier molecular flexibility index (Phi) is 1.30. The number of allylic oxidation sites excluding steroid dienone is 2. The van der Waals surface area contributed by atoms with Crippen LogP contribution in [0, 0.1) is 0 Å². The minimum Gasteiger partial charge on any atom is -0.237 e. The Bertz CT molecular complexity index is 151. The second-order valence-electron chi connectivity index (χ2n) is 1.23. The molecule has 0 unspecified atom stereocenters. The highest BCUT2D eigenvalue weighted by Gasteiger charge is 1.87. The standard InChI is InChI=1S/C5H4ClN/c6-5-2-1-3-7-4-5/h1-2H,4H2. The van der Waals surface area contributed by atoms with Gasteiger partial charge in [-0.3, -0.25) is 0 Å². The monoisotopic (exact) mass is 113 g/mol. The Morgan fingerprint density at radius 1 is 1.86 bits per heavy atom. The van der Waals surface area contributed by atoms with Crippen LogP contribution in [0.2, 0.25) is 0 Å². The molecule has 0 aromatic heterocycles. The van der Waals surface area contributed by atoms with Crippen molar-refractivity contribution in [1.82, 2.24) is 0 Å². The predicted molar refractivity (Wildman–Crippen MR) is 30.8 cm³/mol. The molecule has 36 valence electrons. The molecule has 0 atom stereocenters. The van der Waals surface area contributed by atoms with E-state index in [0.717, 1.165) is 5.03 Å². The zero-order chi connectivity index (χ0) is 5.11. The highest BCUT2D eigenvalue weighted by atomic mass is 35.5. The van der Waals surface area contributed by atoms with Crippen LogP contribution in [-0.4, -0.2) is 12.4 Å². The fraction of sp³-hybridized carbons (Fsp3) is 0.200. The smallest absolute Gasteiger partial charge is 0.0840 e. The molecule has 0 fully saturated rings. The van der Waals surface area contributed by atoms with Crippen LogP contribution in [-0.2, 0) is 0 Å². The molecular formula is C5H4ClN. The Morgan fingerprint density at radius 2 is 2.71 bits per heavy atom. The predicted octanol–water partition coefficient (Wildman–Crippen LogP) is 1.35. The van der Waals surface area contributed by atoms with Crippen LogP contribution in [0.4, 0.5) is 0 Å². The summed E-state index contributed by atoms with van der Waals surface area (Å²) in [6, 6.07) is 0. The summed E-state index contributed by atoms with van der Waals surface area (Å²) in [4.78, 5) is 3.75. The van der Waals surface area contributed by atoms with Gasteiger partial charge in [0.05, 0.1) is 6.54 Å². The van der Waals surface area contributed by atoms with Crippen LogP contribution in [0.3, 0.4) is 0 Å². The first-order valence-electron chi connectivity index (χ1n) is 1.99. The molecule has 0 aromatic rings. The van der Waals surface area contributed by atoms with E-state index in [9.17, 15) is 0 Å². The van der Waals surface area contributed by atoms with Gasteiger partial charge in [-0.1, -0.05) is 11.6 Å². The van der Waals surface area contributed by atoms with E-state index in [0.29, 0.717) is 6.54 Å². The summed E-state index contributed by atoms with van der Waals surface area (Å²) in [5, 5.41) is 0.777. The van der Waals surface area contributed by atoms with Gasteiger partial charge in [0.25, 0.3) is 0 Å². The van der Waals surface area contributed by atoms with Gasteiger partial charge in [0.15, 0.2) is 0 Å². The molecule has 1 heterocycles. The highest BCUT2D eigenvalue weighted by Crippen LogP contribution is 2.02. The Morgan fingerprint density at radius 3 is 3.00 bits per heavy atom. The van der Waals surface area contributed by atoms with Gasteiger partial charge in [0.2, 0.25) is 0 Å². The average molecular weight is 114 g/mol. The molecule has 1 rings (SSSR count). The minimum atomic E-state index is 0.595. The first-order valence-corrected chi connectivity index (χ1v) is 2.37. The number of hydrogen-bond acceptors (Lipinski definition) is 1. The largest absolute Gasteiger partial charge is 0.237 e. The fourth-order valence-electron chi connectivity index (χ4n) is 0.354. The number of nitrogens with zero attached hydrogens (tertiary/aromatic N) is 1. The third-order valence-electron chi connectivity index (χ3n) is 0.660. The fourth-order valence-corrected chi connectivity index (χ4v) is 0.477. The van der Waals surface area contributed by atoms with Gasteiger partial charge in [0, 0.05) is 11.1 Å². The molecule has 0 radical (unpaired) electrons. The van der Waals surface area contributed by atoms with Gasteiger partial charge in [-0.15, -0.1) is 0 Å². The van der Waals surface area contributed by atoms with Crippen LogP contribution in [0.1, 0.15) is 0 Å². The van der Waals surface area contributed by atoms with E-state index < -0.39 is 0 Å². The molecule has 0 saturated carbocycles. The summed E-state index contributed by atoms with van der Waals surface area (Å²) in [5.74, 6) is 2.65.